The zero-order valence-electron chi connectivity index (χ0n) is 14.7. The lowest BCUT2D eigenvalue weighted by Crippen LogP contribution is -2.18. The van der Waals surface area contributed by atoms with Crippen molar-refractivity contribution in [2.45, 2.75) is 12.5 Å². The predicted molar refractivity (Wildman–Crippen MR) is 107 cm³/mol. The van der Waals surface area contributed by atoms with Crippen molar-refractivity contribution < 1.29 is 4.74 Å². The van der Waals surface area contributed by atoms with Crippen LogP contribution in [0.3, 0.4) is 0 Å². The quantitative estimate of drug-likeness (QED) is 0.703. The van der Waals surface area contributed by atoms with Crippen LogP contribution in [0.15, 0.2) is 84.0 Å². The van der Waals surface area contributed by atoms with E-state index < -0.39 is 0 Å². The van der Waals surface area contributed by atoms with E-state index in [1.165, 1.54) is 5.56 Å². The van der Waals surface area contributed by atoms with Crippen molar-refractivity contribution in [2.75, 3.05) is 17.9 Å². The van der Waals surface area contributed by atoms with Gasteiger partial charge in [-0.3, -0.25) is 5.01 Å². The van der Waals surface area contributed by atoms with Crippen LogP contribution < -0.4 is 15.5 Å². The Morgan fingerprint density at radius 3 is 2.27 bits per heavy atom. The lowest BCUT2D eigenvalue weighted by molar-refractivity contribution is 0.414. The van der Waals surface area contributed by atoms with Crippen molar-refractivity contribution in [1.82, 2.24) is 0 Å². The Morgan fingerprint density at radius 2 is 1.62 bits per heavy atom. The van der Waals surface area contributed by atoms with Crippen molar-refractivity contribution in [1.29, 1.82) is 0 Å². The molecule has 0 bridgehead atoms. The number of anilines is 2. The van der Waals surface area contributed by atoms with Crippen molar-refractivity contribution in [3.8, 4) is 5.75 Å². The summed E-state index contributed by atoms with van der Waals surface area (Å²) < 4.78 is 5.29. The van der Waals surface area contributed by atoms with E-state index in [0.29, 0.717) is 0 Å². The smallest absolute Gasteiger partial charge is 0.118 e. The van der Waals surface area contributed by atoms with E-state index in [1.54, 1.807) is 7.11 Å². The second-order valence-electron chi connectivity index (χ2n) is 6.34. The molecule has 1 unspecified atom stereocenters. The molecule has 130 valence electrons. The first-order valence-electron chi connectivity index (χ1n) is 8.66. The Morgan fingerprint density at radius 1 is 0.923 bits per heavy atom. The highest BCUT2D eigenvalue weighted by atomic mass is 16.5. The van der Waals surface area contributed by atoms with Gasteiger partial charge in [-0.15, -0.1) is 0 Å². The molecule has 2 N–H and O–H groups in total. The number of rotatable bonds is 4. The molecule has 3 aromatic carbocycles. The highest BCUT2D eigenvalue weighted by Gasteiger charge is 2.29. The highest BCUT2D eigenvalue weighted by molar-refractivity contribution is 6.03. The van der Waals surface area contributed by atoms with Crippen LogP contribution in [0.1, 0.15) is 23.6 Å². The molecule has 4 heteroatoms. The summed E-state index contributed by atoms with van der Waals surface area (Å²) in [5.41, 5.74) is 11.1. The number of hydrazone groups is 1. The second-order valence-corrected chi connectivity index (χ2v) is 6.34. The number of nitrogens with two attached hydrogens (primary N) is 1. The maximum Gasteiger partial charge on any atom is 0.118 e. The molecule has 1 heterocycles. The Kier molecular flexibility index (Phi) is 4.32. The fraction of sp³-hybridized carbons (Fsp3) is 0.136. The molecule has 0 saturated carbocycles. The van der Waals surface area contributed by atoms with Crippen LogP contribution in [0.25, 0.3) is 0 Å². The molecule has 1 aliphatic rings. The molecule has 1 atom stereocenters. The first-order valence-corrected chi connectivity index (χ1v) is 8.66. The van der Waals surface area contributed by atoms with Gasteiger partial charge in [0.2, 0.25) is 0 Å². The van der Waals surface area contributed by atoms with Gasteiger partial charge in [0.05, 0.1) is 24.6 Å². The SMILES string of the molecule is COc1ccc(C2CC(c3ccc(N)cc3)=NN2c2ccccc2)cc1. The summed E-state index contributed by atoms with van der Waals surface area (Å²) in [5.74, 6) is 0.859. The molecule has 0 amide bonds. The van der Waals surface area contributed by atoms with E-state index in [4.69, 9.17) is 15.6 Å². The number of ether oxygens (including phenoxy) is 1. The summed E-state index contributed by atoms with van der Waals surface area (Å²) in [6.45, 7) is 0. The minimum Gasteiger partial charge on any atom is -0.497 e. The van der Waals surface area contributed by atoms with Crippen LogP contribution in [-0.4, -0.2) is 12.8 Å². The van der Waals surface area contributed by atoms with Crippen LogP contribution in [0.4, 0.5) is 11.4 Å². The summed E-state index contributed by atoms with van der Waals surface area (Å²) in [7, 11) is 1.68. The molecule has 0 spiro atoms. The molecule has 0 saturated heterocycles. The lowest BCUT2D eigenvalue weighted by Gasteiger charge is -2.24. The molecule has 26 heavy (non-hydrogen) atoms. The van der Waals surface area contributed by atoms with Crippen LogP contribution in [-0.2, 0) is 0 Å². The zero-order chi connectivity index (χ0) is 17.9. The van der Waals surface area contributed by atoms with E-state index in [-0.39, 0.29) is 6.04 Å². The Labute approximate surface area is 153 Å². The van der Waals surface area contributed by atoms with Gasteiger partial charge in [0.25, 0.3) is 0 Å². The van der Waals surface area contributed by atoms with Gasteiger partial charge < -0.3 is 10.5 Å². The van der Waals surface area contributed by atoms with Crippen LogP contribution >= 0.6 is 0 Å². The standard InChI is InChI=1S/C22H21N3O/c1-26-20-13-9-17(10-14-20)22-15-21(16-7-11-18(23)12-8-16)24-25(22)19-5-3-2-4-6-19/h2-14,22H,15,23H2,1H3. The average Bonchev–Trinajstić information content (AvgIpc) is 3.15. The first-order chi connectivity index (χ1) is 12.7. The van der Waals surface area contributed by atoms with Gasteiger partial charge in [0.1, 0.15) is 5.75 Å². The number of benzene rings is 3. The van der Waals surface area contributed by atoms with Crippen LogP contribution in [0.5, 0.6) is 5.75 Å². The van der Waals surface area contributed by atoms with Gasteiger partial charge in [-0.05, 0) is 47.5 Å². The van der Waals surface area contributed by atoms with Gasteiger partial charge >= 0.3 is 0 Å². The van der Waals surface area contributed by atoms with Crippen molar-refractivity contribution in [3.05, 3.63) is 90.0 Å². The number of methoxy groups -OCH3 is 1. The molecule has 4 rings (SSSR count). The lowest BCUT2D eigenvalue weighted by atomic mass is 9.98. The highest BCUT2D eigenvalue weighted by Crippen LogP contribution is 2.37. The second kappa shape index (κ2) is 6.92. The number of nitrogen functional groups attached to an aromatic ring is 1. The monoisotopic (exact) mass is 343 g/mol. The fourth-order valence-electron chi connectivity index (χ4n) is 3.26. The summed E-state index contributed by atoms with van der Waals surface area (Å²) in [5, 5.41) is 7.04. The summed E-state index contributed by atoms with van der Waals surface area (Å²) in [6, 6.07) is 26.6. The molecule has 0 fully saturated rings. The number of nitrogens with zero attached hydrogens (tertiary/aromatic N) is 2. The molecule has 0 aromatic heterocycles. The average molecular weight is 343 g/mol. The topological polar surface area (TPSA) is 50.9 Å². The Hall–Kier alpha value is -3.27. The van der Waals surface area contributed by atoms with Gasteiger partial charge in [-0.1, -0.05) is 42.5 Å². The van der Waals surface area contributed by atoms with E-state index >= 15 is 0 Å². The van der Waals surface area contributed by atoms with Crippen molar-refractivity contribution in [3.63, 3.8) is 0 Å². The summed E-state index contributed by atoms with van der Waals surface area (Å²) in [4.78, 5) is 0. The van der Waals surface area contributed by atoms with E-state index in [2.05, 4.69) is 29.3 Å². The van der Waals surface area contributed by atoms with Crippen LogP contribution in [0.2, 0.25) is 0 Å². The summed E-state index contributed by atoms with van der Waals surface area (Å²) in [6.07, 6.45) is 0.838. The largest absolute Gasteiger partial charge is 0.497 e. The molecule has 0 radical (unpaired) electrons. The first kappa shape index (κ1) is 16.2. The Balaban J connectivity index is 1.71. The third-order valence-corrected chi connectivity index (χ3v) is 4.68. The molecule has 4 nitrogen and oxygen atoms in total. The molecular weight excluding hydrogens is 322 g/mol. The van der Waals surface area contributed by atoms with Gasteiger partial charge in [-0.25, -0.2) is 0 Å². The zero-order valence-corrected chi connectivity index (χ0v) is 14.7. The number of para-hydroxylation sites is 1. The van der Waals surface area contributed by atoms with Gasteiger partial charge in [0, 0.05) is 12.1 Å². The van der Waals surface area contributed by atoms with E-state index in [0.717, 1.165) is 34.8 Å². The number of hydrogen-bond acceptors (Lipinski definition) is 4. The van der Waals surface area contributed by atoms with E-state index in [1.807, 2.05) is 54.6 Å². The normalized spacial score (nSPS) is 16.4. The third-order valence-electron chi connectivity index (χ3n) is 4.68. The molecule has 0 aliphatic carbocycles. The molecular formula is C22H21N3O. The third kappa shape index (κ3) is 3.14. The summed E-state index contributed by atoms with van der Waals surface area (Å²) >= 11 is 0. The molecule has 3 aromatic rings. The minimum atomic E-state index is 0.149. The van der Waals surface area contributed by atoms with Crippen molar-refractivity contribution >= 4 is 17.1 Å². The van der Waals surface area contributed by atoms with Crippen molar-refractivity contribution in [2.24, 2.45) is 5.10 Å². The van der Waals surface area contributed by atoms with Gasteiger partial charge in [-0.2, -0.15) is 5.10 Å². The van der Waals surface area contributed by atoms with E-state index in [9.17, 15) is 0 Å². The molecule has 1 aliphatic heterocycles. The predicted octanol–water partition coefficient (Wildman–Crippen LogP) is 4.63. The maximum atomic E-state index is 5.83. The van der Waals surface area contributed by atoms with Gasteiger partial charge in [0.15, 0.2) is 0 Å². The fourth-order valence-corrected chi connectivity index (χ4v) is 3.26. The van der Waals surface area contributed by atoms with Crippen LogP contribution in [0, 0.1) is 0 Å². The minimum absolute atomic E-state index is 0.149. The Bertz CT molecular complexity index is 902. The maximum absolute atomic E-state index is 5.83. The number of hydrogen-bond donors (Lipinski definition) is 1.